The third-order valence-electron chi connectivity index (χ3n) is 2.26. The van der Waals surface area contributed by atoms with Crippen LogP contribution in [-0.4, -0.2) is 23.9 Å². The average molecular weight is 191 g/mol. The summed E-state index contributed by atoms with van der Waals surface area (Å²) in [7, 11) is 0. The standard InChI is InChI=1S/C8H15ClN2O/c9-5-8(12)11-7-3-1-6(10)2-4-7/h6-7H,1-5,10H2,(H,11,12). The predicted octanol–water partition coefficient (Wildman–Crippen LogP) is 0.611. The van der Waals surface area contributed by atoms with E-state index in [0.29, 0.717) is 12.1 Å². The van der Waals surface area contributed by atoms with Gasteiger partial charge in [0.25, 0.3) is 0 Å². The Kier molecular flexibility index (Phi) is 3.82. The third-order valence-corrected chi connectivity index (χ3v) is 2.50. The van der Waals surface area contributed by atoms with Gasteiger partial charge in [0.05, 0.1) is 0 Å². The second kappa shape index (κ2) is 4.67. The van der Waals surface area contributed by atoms with Crippen LogP contribution in [0.4, 0.5) is 0 Å². The van der Waals surface area contributed by atoms with Gasteiger partial charge in [0.1, 0.15) is 5.88 Å². The Bertz CT molecular complexity index is 155. The highest BCUT2D eigenvalue weighted by Crippen LogP contribution is 2.16. The Morgan fingerprint density at radius 3 is 2.50 bits per heavy atom. The molecule has 1 aliphatic rings. The number of alkyl halides is 1. The number of carbonyl (C=O) groups is 1. The van der Waals surface area contributed by atoms with Crippen LogP contribution in [0.15, 0.2) is 0 Å². The van der Waals surface area contributed by atoms with Gasteiger partial charge in [0, 0.05) is 12.1 Å². The quantitative estimate of drug-likeness (QED) is 0.627. The lowest BCUT2D eigenvalue weighted by atomic mass is 9.92. The third kappa shape index (κ3) is 2.99. The maximum atomic E-state index is 10.9. The van der Waals surface area contributed by atoms with Gasteiger partial charge in [-0.05, 0) is 25.7 Å². The molecule has 0 heterocycles. The second-order valence-electron chi connectivity index (χ2n) is 3.31. The zero-order chi connectivity index (χ0) is 8.97. The molecule has 1 rings (SSSR count). The van der Waals surface area contributed by atoms with Crippen LogP contribution >= 0.6 is 11.6 Å². The molecule has 0 radical (unpaired) electrons. The van der Waals surface area contributed by atoms with Crippen LogP contribution in [0.25, 0.3) is 0 Å². The molecule has 4 heteroatoms. The van der Waals surface area contributed by atoms with Crippen molar-refractivity contribution < 1.29 is 4.79 Å². The van der Waals surface area contributed by atoms with Crippen molar-refractivity contribution in [1.29, 1.82) is 0 Å². The number of hydrogen-bond acceptors (Lipinski definition) is 2. The van der Waals surface area contributed by atoms with Gasteiger partial charge in [-0.3, -0.25) is 4.79 Å². The number of hydrogen-bond donors (Lipinski definition) is 2. The zero-order valence-electron chi connectivity index (χ0n) is 7.05. The summed E-state index contributed by atoms with van der Waals surface area (Å²) < 4.78 is 0. The minimum atomic E-state index is -0.0721. The molecule has 3 N–H and O–H groups in total. The van der Waals surface area contributed by atoms with E-state index in [1.165, 1.54) is 0 Å². The molecule has 0 spiro atoms. The number of rotatable bonds is 2. The van der Waals surface area contributed by atoms with Crippen LogP contribution in [0.2, 0.25) is 0 Å². The fourth-order valence-corrected chi connectivity index (χ4v) is 1.61. The molecule has 1 aliphatic carbocycles. The summed E-state index contributed by atoms with van der Waals surface area (Å²) >= 11 is 5.36. The summed E-state index contributed by atoms with van der Waals surface area (Å²) in [5.41, 5.74) is 5.72. The minimum absolute atomic E-state index is 0.0581. The smallest absolute Gasteiger partial charge is 0.235 e. The Morgan fingerprint density at radius 2 is 2.00 bits per heavy atom. The first-order chi connectivity index (χ1) is 5.72. The molecule has 12 heavy (non-hydrogen) atoms. The van der Waals surface area contributed by atoms with Gasteiger partial charge < -0.3 is 11.1 Å². The molecule has 1 saturated carbocycles. The van der Waals surface area contributed by atoms with E-state index >= 15 is 0 Å². The van der Waals surface area contributed by atoms with Crippen molar-refractivity contribution in [3.63, 3.8) is 0 Å². The first-order valence-corrected chi connectivity index (χ1v) is 4.86. The topological polar surface area (TPSA) is 55.1 Å². The van der Waals surface area contributed by atoms with E-state index in [9.17, 15) is 4.79 Å². The van der Waals surface area contributed by atoms with E-state index in [-0.39, 0.29) is 11.8 Å². The highest BCUT2D eigenvalue weighted by molar-refractivity contribution is 6.27. The summed E-state index contributed by atoms with van der Waals surface area (Å²) in [6, 6.07) is 0.630. The molecule has 0 atom stereocenters. The summed E-state index contributed by atoms with van der Waals surface area (Å²) in [6.45, 7) is 0. The Morgan fingerprint density at radius 1 is 1.42 bits per heavy atom. The number of halogens is 1. The fraction of sp³-hybridized carbons (Fsp3) is 0.875. The van der Waals surface area contributed by atoms with Gasteiger partial charge in [0.15, 0.2) is 0 Å². The van der Waals surface area contributed by atoms with E-state index in [1.807, 2.05) is 0 Å². The van der Waals surface area contributed by atoms with Crippen LogP contribution in [0, 0.1) is 0 Å². The minimum Gasteiger partial charge on any atom is -0.352 e. The molecule has 1 fully saturated rings. The van der Waals surface area contributed by atoms with E-state index in [0.717, 1.165) is 25.7 Å². The molecule has 0 aromatic rings. The number of amides is 1. The highest BCUT2D eigenvalue weighted by atomic mass is 35.5. The maximum Gasteiger partial charge on any atom is 0.235 e. The average Bonchev–Trinajstić information content (AvgIpc) is 2.09. The Balaban J connectivity index is 2.21. The largest absolute Gasteiger partial charge is 0.352 e. The molecule has 3 nitrogen and oxygen atoms in total. The van der Waals surface area contributed by atoms with Crippen molar-refractivity contribution in [2.24, 2.45) is 5.73 Å². The molecular weight excluding hydrogens is 176 g/mol. The first kappa shape index (κ1) is 9.81. The van der Waals surface area contributed by atoms with Crippen LogP contribution < -0.4 is 11.1 Å². The summed E-state index contributed by atoms with van der Waals surface area (Å²) in [5, 5.41) is 2.86. The monoisotopic (exact) mass is 190 g/mol. The SMILES string of the molecule is NC1CCC(NC(=O)CCl)CC1. The van der Waals surface area contributed by atoms with Gasteiger partial charge in [-0.15, -0.1) is 11.6 Å². The van der Waals surface area contributed by atoms with Crippen molar-refractivity contribution in [2.75, 3.05) is 5.88 Å². The summed E-state index contributed by atoms with van der Waals surface area (Å²) in [4.78, 5) is 10.9. The van der Waals surface area contributed by atoms with Crippen molar-refractivity contribution in [2.45, 2.75) is 37.8 Å². The molecule has 0 unspecified atom stereocenters. The van der Waals surface area contributed by atoms with E-state index in [1.54, 1.807) is 0 Å². The molecule has 0 aliphatic heterocycles. The van der Waals surface area contributed by atoms with Crippen LogP contribution in [0.3, 0.4) is 0 Å². The van der Waals surface area contributed by atoms with Crippen molar-refractivity contribution >= 4 is 17.5 Å². The normalized spacial score (nSPS) is 29.8. The van der Waals surface area contributed by atoms with E-state index in [4.69, 9.17) is 17.3 Å². The van der Waals surface area contributed by atoms with Gasteiger partial charge >= 0.3 is 0 Å². The lowest BCUT2D eigenvalue weighted by Crippen LogP contribution is -2.40. The summed E-state index contributed by atoms with van der Waals surface area (Å²) in [5.74, 6) is -0.0140. The number of nitrogens with one attached hydrogen (secondary N) is 1. The summed E-state index contributed by atoms with van der Waals surface area (Å²) in [6.07, 6.45) is 3.99. The molecule has 0 aromatic heterocycles. The molecule has 0 bridgehead atoms. The molecule has 70 valence electrons. The van der Waals surface area contributed by atoms with E-state index in [2.05, 4.69) is 5.32 Å². The van der Waals surface area contributed by atoms with Gasteiger partial charge in [-0.2, -0.15) is 0 Å². The van der Waals surface area contributed by atoms with E-state index < -0.39 is 0 Å². The van der Waals surface area contributed by atoms with Crippen molar-refractivity contribution in [1.82, 2.24) is 5.32 Å². The van der Waals surface area contributed by atoms with Crippen molar-refractivity contribution in [3.05, 3.63) is 0 Å². The molecular formula is C8H15ClN2O. The predicted molar refractivity (Wildman–Crippen MR) is 49.1 cm³/mol. The first-order valence-electron chi connectivity index (χ1n) is 4.33. The van der Waals surface area contributed by atoms with Crippen molar-refractivity contribution in [3.8, 4) is 0 Å². The molecule has 1 amide bonds. The zero-order valence-corrected chi connectivity index (χ0v) is 7.81. The number of nitrogens with two attached hydrogens (primary N) is 1. The van der Waals surface area contributed by atoms with Gasteiger partial charge in [-0.25, -0.2) is 0 Å². The molecule has 0 saturated heterocycles. The number of carbonyl (C=O) groups excluding carboxylic acids is 1. The Hall–Kier alpha value is -0.280. The van der Waals surface area contributed by atoms with Crippen LogP contribution in [0.5, 0.6) is 0 Å². The maximum absolute atomic E-state index is 10.9. The lowest BCUT2D eigenvalue weighted by Gasteiger charge is -2.26. The Labute approximate surface area is 77.6 Å². The highest BCUT2D eigenvalue weighted by Gasteiger charge is 2.19. The molecule has 0 aromatic carbocycles. The van der Waals surface area contributed by atoms with Crippen LogP contribution in [-0.2, 0) is 4.79 Å². The fourth-order valence-electron chi connectivity index (χ4n) is 1.53. The van der Waals surface area contributed by atoms with Crippen LogP contribution in [0.1, 0.15) is 25.7 Å². The lowest BCUT2D eigenvalue weighted by molar-refractivity contribution is -0.119. The second-order valence-corrected chi connectivity index (χ2v) is 3.58. The van der Waals surface area contributed by atoms with Gasteiger partial charge in [-0.1, -0.05) is 0 Å². The van der Waals surface area contributed by atoms with Gasteiger partial charge in [0.2, 0.25) is 5.91 Å².